The Morgan fingerprint density at radius 3 is 2.39 bits per heavy atom. The summed E-state index contributed by atoms with van der Waals surface area (Å²) in [5, 5.41) is 6.72. The van der Waals surface area contributed by atoms with E-state index in [1.54, 1.807) is 12.4 Å². The van der Waals surface area contributed by atoms with Crippen LogP contribution >= 0.6 is 0 Å². The summed E-state index contributed by atoms with van der Waals surface area (Å²) in [6.07, 6.45) is 5.31. The van der Waals surface area contributed by atoms with Gasteiger partial charge in [0.05, 0.1) is 18.5 Å². The minimum atomic E-state index is -4.13. The van der Waals surface area contributed by atoms with Crippen molar-refractivity contribution in [1.29, 1.82) is 0 Å². The van der Waals surface area contributed by atoms with Crippen LogP contribution in [-0.2, 0) is 16.6 Å². The maximum absolute atomic E-state index is 12.7. The number of anilines is 1. The fraction of sp³-hybridized carbons (Fsp3) is 0.500. The predicted molar refractivity (Wildman–Crippen MR) is 104 cm³/mol. The van der Waals surface area contributed by atoms with Gasteiger partial charge in [-0.15, -0.1) is 0 Å². The Labute approximate surface area is 164 Å². The Kier molecular flexibility index (Phi) is 5.59. The van der Waals surface area contributed by atoms with Crippen LogP contribution in [0.2, 0.25) is 0 Å². The molecule has 152 valence electrons. The summed E-state index contributed by atoms with van der Waals surface area (Å²) in [5.74, 6) is 0.365. The largest absolute Gasteiger partial charge is 0.477 e. The van der Waals surface area contributed by atoms with Gasteiger partial charge in [0.25, 0.3) is 10.0 Å². The molecule has 0 saturated carbocycles. The van der Waals surface area contributed by atoms with Gasteiger partial charge in [-0.05, 0) is 23.0 Å². The molecule has 0 saturated heterocycles. The molecule has 2 N–H and O–H groups in total. The molecule has 0 bridgehead atoms. The van der Waals surface area contributed by atoms with Gasteiger partial charge in [-0.2, -0.15) is 5.10 Å². The molecule has 0 aliphatic carbocycles. The van der Waals surface area contributed by atoms with Gasteiger partial charge in [-0.1, -0.05) is 27.7 Å². The number of sulfonamides is 1. The topological polar surface area (TPSA) is 115 Å². The normalized spacial score (nSPS) is 13.9. The number of aromatic nitrogens is 3. The molecule has 0 unspecified atom stereocenters. The van der Waals surface area contributed by atoms with Crippen molar-refractivity contribution >= 4 is 21.7 Å². The van der Waals surface area contributed by atoms with Crippen LogP contribution in [0.25, 0.3) is 0 Å². The van der Waals surface area contributed by atoms with E-state index in [0.29, 0.717) is 18.8 Å². The summed E-state index contributed by atoms with van der Waals surface area (Å²) in [5.41, 5.74) is 2.26. The number of rotatable bonds is 5. The van der Waals surface area contributed by atoms with E-state index in [4.69, 9.17) is 4.74 Å². The minimum absolute atomic E-state index is 0.106. The summed E-state index contributed by atoms with van der Waals surface area (Å²) in [6, 6.07) is -0.842. The lowest BCUT2D eigenvalue weighted by Crippen LogP contribution is -2.35. The highest BCUT2D eigenvalue weighted by Gasteiger charge is 2.29. The first-order chi connectivity index (χ1) is 13.2. The Morgan fingerprint density at radius 1 is 1.14 bits per heavy atom. The van der Waals surface area contributed by atoms with Gasteiger partial charge in [-0.3, -0.25) is 4.98 Å². The molecule has 9 nitrogen and oxygen atoms in total. The Bertz CT molecular complexity index is 956. The number of nitrogens with zero attached hydrogens (tertiary/aromatic N) is 3. The number of carbonyl (C=O) groups is 1. The molecule has 0 atom stereocenters. The minimum Gasteiger partial charge on any atom is -0.477 e. The predicted octanol–water partition coefficient (Wildman–Crippen LogP) is 2.82. The first-order valence-electron chi connectivity index (χ1n) is 9.21. The number of aryl methyl sites for hydroxylation is 1. The number of pyridine rings is 1. The van der Waals surface area contributed by atoms with E-state index in [9.17, 15) is 13.2 Å². The third-order valence-corrected chi connectivity index (χ3v) is 5.83. The molecule has 0 radical (unpaired) electrons. The smallest absolute Gasteiger partial charge is 0.333 e. The van der Waals surface area contributed by atoms with E-state index in [-0.39, 0.29) is 22.6 Å². The number of amides is 2. The highest BCUT2D eigenvalue weighted by molar-refractivity contribution is 7.90. The number of hydrogen-bond acceptors (Lipinski definition) is 6. The van der Waals surface area contributed by atoms with Gasteiger partial charge in [0.15, 0.2) is 4.90 Å². The van der Waals surface area contributed by atoms with Crippen molar-refractivity contribution < 1.29 is 17.9 Å². The van der Waals surface area contributed by atoms with Crippen molar-refractivity contribution in [3.63, 3.8) is 0 Å². The van der Waals surface area contributed by atoms with Crippen LogP contribution in [0.5, 0.6) is 5.88 Å². The van der Waals surface area contributed by atoms with Gasteiger partial charge in [0, 0.05) is 25.4 Å². The van der Waals surface area contributed by atoms with Crippen molar-refractivity contribution in [2.24, 2.45) is 0 Å². The van der Waals surface area contributed by atoms with Crippen LogP contribution in [0, 0.1) is 0 Å². The summed E-state index contributed by atoms with van der Waals surface area (Å²) in [6.45, 7) is 8.92. The van der Waals surface area contributed by atoms with Crippen molar-refractivity contribution in [1.82, 2.24) is 19.5 Å². The lowest BCUT2D eigenvalue weighted by atomic mass is 9.95. The first kappa shape index (κ1) is 20.1. The molecule has 0 aromatic carbocycles. The number of urea groups is 1. The van der Waals surface area contributed by atoms with Crippen LogP contribution in [0.4, 0.5) is 10.5 Å². The summed E-state index contributed by atoms with van der Waals surface area (Å²) in [7, 11) is -4.13. The van der Waals surface area contributed by atoms with Crippen LogP contribution in [0.3, 0.4) is 0 Å². The van der Waals surface area contributed by atoms with Gasteiger partial charge in [-0.25, -0.2) is 22.6 Å². The Balaban J connectivity index is 1.86. The number of carbonyl (C=O) groups excluding carboxylic acids is 1. The fourth-order valence-electron chi connectivity index (χ4n) is 3.06. The number of ether oxygens (including phenoxy) is 1. The van der Waals surface area contributed by atoms with Crippen molar-refractivity contribution in [3.05, 3.63) is 29.7 Å². The average Bonchev–Trinajstić information content (AvgIpc) is 3.06. The maximum atomic E-state index is 12.7. The van der Waals surface area contributed by atoms with E-state index in [0.717, 1.165) is 17.5 Å². The molecule has 0 fully saturated rings. The summed E-state index contributed by atoms with van der Waals surface area (Å²) < 4.78 is 34.3. The molecule has 3 rings (SSSR count). The van der Waals surface area contributed by atoms with Gasteiger partial charge < -0.3 is 10.1 Å². The molecule has 1 aliphatic rings. The monoisotopic (exact) mass is 407 g/mol. The van der Waals surface area contributed by atoms with Crippen LogP contribution in [-0.4, -0.2) is 35.8 Å². The van der Waals surface area contributed by atoms with Gasteiger partial charge in [0.2, 0.25) is 5.88 Å². The summed E-state index contributed by atoms with van der Waals surface area (Å²) >= 11 is 0. The second kappa shape index (κ2) is 7.78. The number of hydrogen-bond donors (Lipinski definition) is 2. The van der Waals surface area contributed by atoms with Crippen LogP contribution in [0.15, 0.2) is 23.5 Å². The third kappa shape index (κ3) is 3.96. The molecular weight excluding hydrogens is 382 g/mol. The van der Waals surface area contributed by atoms with Crippen LogP contribution in [0.1, 0.15) is 57.1 Å². The van der Waals surface area contributed by atoms with E-state index in [1.807, 2.05) is 27.7 Å². The molecule has 28 heavy (non-hydrogen) atoms. The Morgan fingerprint density at radius 2 is 1.79 bits per heavy atom. The third-order valence-electron chi connectivity index (χ3n) is 4.52. The van der Waals surface area contributed by atoms with Crippen molar-refractivity contribution in [2.75, 3.05) is 11.9 Å². The zero-order chi connectivity index (χ0) is 20.5. The van der Waals surface area contributed by atoms with Crippen LogP contribution < -0.4 is 14.8 Å². The van der Waals surface area contributed by atoms with Gasteiger partial charge in [0.1, 0.15) is 0 Å². The standard InChI is InChI=1S/C18H25N5O4S/c1-11(2)13-8-19-9-14(12(3)4)16(13)21-18(24)22-28(25,26)15-10-20-23-6-5-7-27-17(15)23/h8-12H,5-7H2,1-4H3,(H2,19,21,22,24). The molecule has 2 aromatic heterocycles. The van der Waals surface area contributed by atoms with Gasteiger partial charge >= 0.3 is 6.03 Å². The quantitative estimate of drug-likeness (QED) is 0.787. The molecular formula is C18H25N5O4S. The van der Waals surface area contributed by atoms with E-state index in [1.165, 1.54) is 10.9 Å². The molecule has 0 spiro atoms. The zero-order valence-corrected chi connectivity index (χ0v) is 17.2. The molecule has 3 heterocycles. The first-order valence-corrected chi connectivity index (χ1v) is 10.7. The molecule has 2 amide bonds. The molecule has 10 heteroatoms. The number of nitrogens with one attached hydrogen (secondary N) is 2. The van der Waals surface area contributed by atoms with E-state index >= 15 is 0 Å². The van der Waals surface area contributed by atoms with Crippen molar-refractivity contribution in [3.8, 4) is 5.88 Å². The lowest BCUT2D eigenvalue weighted by Gasteiger charge is -2.20. The number of fused-ring (bicyclic) bond motifs is 1. The average molecular weight is 407 g/mol. The summed E-state index contributed by atoms with van der Waals surface area (Å²) in [4.78, 5) is 16.6. The van der Waals surface area contributed by atoms with E-state index in [2.05, 4.69) is 20.1 Å². The second-order valence-corrected chi connectivity index (χ2v) is 8.95. The van der Waals surface area contributed by atoms with Crippen molar-refractivity contribution in [2.45, 2.75) is 57.4 Å². The second-order valence-electron chi connectivity index (χ2n) is 7.30. The molecule has 1 aliphatic heterocycles. The Hall–Kier alpha value is -2.62. The lowest BCUT2D eigenvalue weighted by molar-refractivity contribution is 0.224. The highest BCUT2D eigenvalue weighted by atomic mass is 32.2. The van der Waals surface area contributed by atoms with E-state index < -0.39 is 16.1 Å². The highest BCUT2D eigenvalue weighted by Crippen LogP contribution is 2.31. The SMILES string of the molecule is CC(C)c1cncc(C(C)C)c1NC(=O)NS(=O)(=O)c1cnn2c1OCCC2. The zero-order valence-electron chi connectivity index (χ0n) is 16.4. The molecule has 2 aromatic rings. The maximum Gasteiger partial charge on any atom is 0.333 e. The fourth-order valence-corrected chi connectivity index (χ4v) is 4.04.